The van der Waals surface area contributed by atoms with Crippen molar-refractivity contribution in [3.05, 3.63) is 0 Å². The minimum Gasteiger partial charge on any atom is -0.314 e. The highest BCUT2D eigenvalue weighted by molar-refractivity contribution is 4.81. The van der Waals surface area contributed by atoms with Crippen LogP contribution in [0.15, 0.2) is 0 Å². The van der Waals surface area contributed by atoms with Gasteiger partial charge in [-0.15, -0.1) is 0 Å². The molecule has 2 heteroatoms. The van der Waals surface area contributed by atoms with E-state index in [2.05, 4.69) is 17.1 Å². The van der Waals surface area contributed by atoms with E-state index in [1.807, 2.05) is 0 Å². The third-order valence-corrected chi connectivity index (χ3v) is 4.56. The van der Waals surface area contributed by atoms with E-state index in [1.54, 1.807) is 0 Å². The molecule has 1 saturated carbocycles. The molecule has 0 amide bonds. The molecule has 1 N–H and O–H groups in total. The third-order valence-electron chi connectivity index (χ3n) is 4.56. The van der Waals surface area contributed by atoms with Crippen LogP contribution in [-0.2, 0) is 0 Å². The lowest BCUT2D eigenvalue weighted by Gasteiger charge is -2.32. The molecule has 0 atom stereocenters. The van der Waals surface area contributed by atoms with Crippen molar-refractivity contribution in [1.29, 1.82) is 0 Å². The summed E-state index contributed by atoms with van der Waals surface area (Å²) >= 11 is 0. The van der Waals surface area contributed by atoms with Gasteiger partial charge in [-0.05, 0) is 64.2 Å². The van der Waals surface area contributed by atoms with Crippen molar-refractivity contribution in [3.8, 4) is 0 Å². The van der Waals surface area contributed by atoms with Gasteiger partial charge in [0.25, 0.3) is 0 Å². The van der Waals surface area contributed by atoms with Crippen LogP contribution in [-0.4, -0.2) is 37.1 Å². The first-order chi connectivity index (χ1) is 8.88. The van der Waals surface area contributed by atoms with Crippen LogP contribution >= 0.6 is 0 Å². The van der Waals surface area contributed by atoms with E-state index in [9.17, 15) is 0 Å². The molecule has 1 aliphatic carbocycles. The predicted octanol–water partition coefficient (Wildman–Crippen LogP) is 3.42. The number of unbranched alkanes of at least 4 members (excludes halogenated alkanes) is 4. The third kappa shape index (κ3) is 5.71. The van der Waals surface area contributed by atoms with Gasteiger partial charge >= 0.3 is 0 Å². The van der Waals surface area contributed by atoms with Gasteiger partial charge in [0, 0.05) is 6.04 Å². The molecule has 0 bridgehead atoms. The van der Waals surface area contributed by atoms with Crippen LogP contribution in [0.5, 0.6) is 0 Å². The largest absolute Gasteiger partial charge is 0.314 e. The minimum absolute atomic E-state index is 0.821. The molecule has 0 aromatic rings. The molecule has 1 heterocycles. The van der Waals surface area contributed by atoms with Gasteiger partial charge in [0.2, 0.25) is 0 Å². The maximum atomic E-state index is 3.76. The smallest absolute Gasteiger partial charge is 0.00915 e. The van der Waals surface area contributed by atoms with E-state index in [1.165, 1.54) is 84.0 Å². The maximum Gasteiger partial charge on any atom is 0.00915 e. The van der Waals surface area contributed by atoms with E-state index in [4.69, 9.17) is 0 Å². The normalized spacial score (nSPS) is 22.5. The van der Waals surface area contributed by atoms with Crippen molar-refractivity contribution in [1.82, 2.24) is 10.2 Å². The SMILES string of the molecule is CCCCCCCN1CCC(NCC2CC2)CC1. The second-order valence-electron chi connectivity index (χ2n) is 6.38. The lowest BCUT2D eigenvalue weighted by Crippen LogP contribution is -2.43. The summed E-state index contributed by atoms with van der Waals surface area (Å²) in [5, 5.41) is 3.76. The average Bonchev–Trinajstić information content (AvgIpc) is 3.22. The number of nitrogens with one attached hydrogen (secondary N) is 1. The standard InChI is InChI=1S/C16H32N2/c1-2-3-4-5-6-11-18-12-9-16(10-13-18)17-14-15-7-8-15/h15-17H,2-14H2,1H3. The van der Waals surface area contributed by atoms with E-state index >= 15 is 0 Å². The van der Waals surface area contributed by atoms with Gasteiger partial charge in [0.15, 0.2) is 0 Å². The summed E-state index contributed by atoms with van der Waals surface area (Å²) in [6, 6.07) is 0.821. The van der Waals surface area contributed by atoms with Crippen LogP contribution in [0.3, 0.4) is 0 Å². The summed E-state index contributed by atoms with van der Waals surface area (Å²) < 4.78 is 0. The van der Waals surface area contributed by atoms with Crippen molar-refractivity contribution in [2.75, 3.05) is 26.2 Å². The fourth-order valence-corrected chi connectivity index (χ4v) is 2.95. The van der Waals surface area contributed by atoms with Crippen molar-refractivity contribution in [2.24, 2.45) is 5.92 Å². The highest BCUT2D eigenvalue weighted by atomic mass is 15.1. The number of piperidine rings is 1. The molecular formula is C16H32N2. The minimum atomic E-state index is 0.821. The lowest BCUT2D eigenvalue weighted by atomic mass is 10.0. The number of rotatable bonds is 9. The highest BCUT2D eigenvalue weighted by Crippen LogP contribution is 2.28. The van der Waals surface area contributed by atoms with E-state index in [0.29, 0.717) is 0 Å². The Balaban J connectivity index is 1.45. The Hall–Kier alpha value is -0.0800. The maximum absolute atomic E-state index is 3.76. The van der Waals surface area contributed by atoms with E-state index in [0.717, 1.165) is 12.0 Å². The molecule has 0 radical (unpaired) electrons. The number of nitrogens with zero attached hydrogens (tertiary/aromatic N) is 1. The van der Waals surface area contributed by atoms with Crippen molar-refractivity contribution >= 4 is 0 Å². The van der Waals surface area contributed by atoms with Gasteiger partial charge in [0.1, 0.15) is 0 Å². The first-order valence-corrected chi connectivity index (χ1v) is 8.34. The number of hydrogen-bond acceptors (Lipinski definition) is 2. The van der Waals surface area contributed by atoms with Gasteiger partial charge in [-0.1, -0.05) is 32.6 Å². The molecule has 0 aromatic carbocycles. The molecule has 2 nitrogen and oxygen atoms in total. The zero-order valence-electron chi connectivity index (χ0n) is 12.3. The van der Waals surface area contributed by atoms with Crippen LogP contribution in [0, 0.1) is 5.92 Å². The highest BCUT2D eigenvalue weighted by Gasteiger charge is 2.24. The predicted molar refractivity (Wildman–Crippen MR) is 78.9 cm³/mol. The van der Waals surface area contributed by atoms with Crippen LogP contribution in [0.4, 0.5) is 0 Å². The number of likely N-dealkylation sites (tertiary alicyclic amines) is 1. The van der Waals surface area contributed by atoms with Gasteiger partial charge in [-0.2, -0.15) is 0 Å². The van der Waals surface area contributed by atoms with Crippen LogP contribution < -0.4 is 5.32 Å². The summed E-state index contributed by atoms with van der Waals surface area (Å²) in [5.41, 5.74) is 0. The quantitative estimate of drug-likeness (QED) is 0.633. The lowest BCUT2D eigenvalue weighted by molar-refractivity contribution is 0.194. The molecule has 1 aliphatic heterocycles. The van der Waals surface area contributed by atoms with Gasteiger partial charge in [-0.3, -0.25) is 0 Å². The summed E-state index contributed by atoms with van der Waals surface area (Å²) in [5.74, 6) is 1.03. The molecule has 0 unspecified atom stereocenters. The first-order valence-electron chi connectivity index (χ1n) is 8.34. The zero-order valence-corrected chi connectivity index (χ0v) is 12.3. The molecule has 2 rings (SSSR count). The molecule has 0 spiro atoms. The monoisotopic (exact) mass is 252 g/mol. The second kappa shape index (κ2) is 8.16. The summed E-state index contributed by atoms with van der Waals surface area (Å²) in [6.07, 6.45) is 12.8. The molecule has 0 aromatic heterocycles. The fraction of sp³-hybridized carbons (Fsp3) is 1.00. The summed E-state index contributed by atoms with van der Waals surface area (Å²) in [6.45, 7) is 7.59. The van der Waals surface area contributed by atoms with E-state index in [-0.39, 0.29) is 0 Å². The molecule has 2 fully saturated rings. The van der Waals surface area contributed by atoms with Crippen molar-refractivity contribution in [2.45, 2.75) is 70.8 Å². The second-order valence-corrected chi connectivity index (χ2v) is 6.38. The molecule has 2 aliphatic rings. The van der Waals surface area contributed by atoms with Crippen LogP contribution in [0.25, 0.3) is 0 Å². The van der Waals surface area contributed by atoms with Gasteiger partial charge in [0.05, 0.1) is 0 Å². The molecule has 1 saturated heterocycles. The molecule has 18 heavy (non-hydrogen) atoms. The Morgan fingerprint density at radius 1 is 0.944 bits per heavy atom. The Morgan fingerprint density at radius 3 is 2.33 bits per heavy atom. The Bertz CT molecular complexity index is 205. The topological polar surface area (TPSA) is 15.3 Å². The Labute approximate surface area is 114 Å². The zero-order chi connectivity index (χ0) is 12.6. The Morgan fingerprint density at radius 2 is 1.67 bits per heavy atom. The number of hydrogen-bond donors (Lipinski definition) is 1. The first kappa shape index (κ1) is 14.3. The van der Waals surface area contributed by atoms with Crippen LogP contribution in [0.2, 0.25) is 0 Å². The van der Waals surface area contributed by atoms with Crippen molar-refractivity contribution in [3.63, 3.8) is 0 Å². The van der Waals surface area contributed by atoms with Gasteiger partial charge < -0.3 is 10.2 Å². The van der Waals surface area contributed by atoms with Gasteiger partial charge in [-0.25, -0.2) is 0 Å². The fourth-order valence-electron chi connectivity index (χ4n) is 2.95. The Kier molecular flexibility index (Phi) is 6.50. The van der Waals surface area contributed by atoms with Crippen molar-refractivity contribution < 1.29 is 0 Å². The summed E-state index contributed by atoms with van der Waals surface area (Å²) in [7, 11) is 0. The molecular weight excluding hydrogens is 220 g/mol. The summed E-state index contributed by atoms with van der Waals surface area (Å²) in [4.78, 5) is 2.68. The van der Waals surface area contributed by atoms with Crippen LogP contribution in [0.1, 0.15) is 64.7 Å². The molecule has 106 valence electrons. The average molecular weight is 252 g/mol. The van der Waals surface area contributed by atoms with E-state index < -0.39 is 0 Å².